The van der Waals surface area contributed by atoms with Gasteiger partial charge in [0.2, 0.25) is 0 Å². The minimum Gasteiger partial charge on any atom is -0.508 e. The number of hydrogen-bond donors (Lipinski definition) is 3. The molecule has 3 saturated carbocycles. The molecule has 3 aliphatic rings. The van der Waals surface area contributed by atoms with Gasteiger partial charge >= 0.3 is 11.9 Å². The maximum Gasteiger partial charge on any atom is 0.335 e. The summed E-state index contributed by atoms with van der Waals surface area (Å²) in [5.74, 6) is -0.278. The lowest BCUT2D eigenvalue weighted by Gasteiger charge is -2.65. The van der Waals surface area contributed by atoms with Gasteiger partial charge in [-0.1, -0.05) is 27.7 Å². The van der Waals surface area contributed by atoms with Crippen LogP contribution in [0.25, 0.3) is 0 Å². The number of fused-ring (bicyclic) bond motifs is 3. The molecule has 3 N–H and O–H groups in total. The van der Waals surface area contributed by atoms with Crippen molar-refractivity contribution in [2.45, 2.75) is 79.6 Å². The molecule has 0 spiro atoms. The number of aliphatic carboxylic acids is 1. The van der Waals surface area contributed by atoms with Gasteiger partial charge in [-0.2, -0.15) is 0 Å². The number of carbonyl (C=O) groups is 2. The number of carboxylic acids is 2. The average molecular weight is 443 g/mol. The molecular weight excluding hydrogens is 404 g/mol. The molecule has 2 unspecified atom stereocenters. The van der Waals surface area contributed by atoms with Crippen molar-refractivity contribution in [2.75, 3.05) is 0 Å². The number of aromatic carboxylic acids is 1. The SMILES string of the molecule is C[C@@H]1CC[C@@]2(C)C(CC[C@]3(C)C2CC[C@@]3(C)C(=O)O)[C@]1(C)Cc1cc(C(=O)O)ccc1O. The monoisotopic (exact) mass is 442 g/mol. The van der Waals surface area contributed by atoms with Crippen molar-refractivity contribution in [3.05, 3.63) is 29.3 Å². The zero-order valence-electron chi connectivity index (χ0n) is 20.1. The van der Waals surface area contributed by atoms with Crippen molar-refractivity contribution in [3.63, 3.8) is 0 Å². The molecule has 5 nitrogen and oxygen atoms in total. The van der Waals surface area contributed by atoms with Crippen LogP contribution < -0.4 is 0 Å². The lowest BCUT2D eigenvalue weighted by molar-refractivity contribution is -0.179. The van der Waals surface area contributed by atoms with Crippen LogP contribution in [0.3, 0.4) is 0 Å². The van der Waals surface area contributed by atoms with Crippen LogP contribution in [0.5, 0.6) is 5.75 Å². The summed E-state index contributed by atoms with van der Waals surface area (Å²) in [6.45, 7) is 11.2. The molecule has 176 valence electrons. The Bertz CT molecular complexity index is 955. The Morgan fingerprint density at radius 3 is 2.25 bits per heavy atom. The van der Waals surface area contributed by atoms with E-state index < -0.39 is 17.4 Å². The first-order valence-electron chi connectivity index (χ1n) is 12.1. The van der Waals surface area contributed by atoms with Gasteiger partial charge < -0.3 is 15.3 Å². The zero-order chi connectivity index (χ0) is 23.7. The smallest absolute Gasteiger partial charge is 0.335 e. The summed E-state index contributed by atoms with van der Waals surface area (Å²) in [5.41, 5.74) is -0.0292. The molecule has 0 amide bonds. The Morgan fingerprint density at radius 1 is 0.969 bits per heavy atom. The van der Waals surface area contributed by atoms with E-state index in [1.165, 1.54) is 12.1 Å². The lowest BCUT2D eigenvalue weighted by atomic mass is 9.39. The van der Waals surface area contributed by atoms with Crippen LogP contribution in [-0.2, 0) is 11.2 Å². The second-order valence-corrected chi connectivity index (χ2v) is 12.0. The van der Waals surface area contributed by atoms with Crippen molar-refractivity contribution >= 4 is 11.9 Å². The first kappa shape index (κ1) is 23.1. The van der Waals surface area contributed by atoms with Gasteiger partial charge in [0.25, 0.3) is 0 Å². The second kappa shape index (κ2) is 7.23. The van der Waals surface area contributed by atoms with Crippen LogP contribution in [-0.4, -0.2) is 27.3 Å². The summed E-state index contributed by atoms with van der Waals surface area (Å²) in [6, 6.07) is 4.59. The van der Waals surface area contributed by atoms with Crippen molar-refractivity contribution < 1.29 is 24.9 Å². The number of rotatable bonds is 4. The molecule has 4 rings (SSSR count). The lowest BCUT2D eigenvalue weighted by Crippen LogP contribution is -2.59. The van der Waals surface area contributed by atoms with Crippen LogP contribution in [0.15, 0.2) is 18.2 Å². The topological polar surface area (TPSA) is 94.8 Å². The molecule has 7 atom stereocenters. The normalized spacial score (nSPS) is 43.3. The summed E-state index contributed by atoms with van der Waals surface area (Å²) in [6.07, 6.45) is 6.39. The molecule has 0 bridgehead atoms. The van der Waals surface area contributed by atoms with E-state index in [2.05, 4.69) is 27.7 Å². The van der Waals surface area contributed by atoms with Crippen LogP contribution in [0.2, 0.25) is 0 Å². The van der Waals surface area contributed by atoms with E-state index in [4.69, 9.17) is 0 Å². The van der Waals surface area contributed by atoms with Gasteiger partial charge in [-0.15, -0.1) is 0 Å². The molecule has 3 aliphatic carbocycles. The van der Waals surface area contributed by atoms with E-state index in [0.29, 0.717) is 29.7 Å². The summed E-state index contributed by atoms with van der Waals surface area (Å²) >= 11 is 0. The predicted octanol–water partition coefficient (Wildman–Crippen LogP) is 5.99. The Kier molecular flexibility index (Phi) is 5.23. The summed E-state index contributed by atoms with van der Waals surface area (Å²) in [4.78, 5) is 23.8. The fraction of sp³-hybridized carbons (Fsp3) is 0.704. The van der Waals surface area contributed by atoms with E-state index in [-0.39, 0.29) is 27.6 Å². The predicted molar refractivity (Wildman–Crippen MR) is 123 cm³/mol. The van der Waals surface area contributed by atoms with E-state index in [0.717, 1.165) is 38.5 Å². The Labute approximate surface area is 191 Å². The first-order chi connectivity index (χ1) is 14.8. The van der Waals surface area contributed by atoms with Crippen molar-refractivity contribution in [2.24, 2.45) is 39.4 Å². The van der Waals surface area contributed by atoms with Gasteiger partial charge in [0.15, 0.2) is 0 Å². The van der Waals surface area contributed by atoms with E-state index in [1.54, 1.807) is 6.07 Å². The fourth-order valence-electron chi connectivity index (χ4n) is 8.50. The van der Waals surface area contributed by atoms with Crippen molar-refractivity contribution in [1.82, 2.24) is 0 Å². The van der Waals surface area contributed by atoms with Gasteiger partial charge in [-0.25, -0.2) is 4.79 Å². The standard InChI is InChI=1S/C27H38O5/c1-16-8-11-24(2)20(9-12-26(4)21(24)10-13-27(26,5)23(31)32)25(16,3)15-18-14-17(22(29)30)6-7-19(18)28/h6-7,14,16,20-21,28H,8-13,15H2,1-5H3,(H,29,30)(H,31,32)/t16-,20?,21?,24+,25-,26-,27+/m1/s1. The van der Waals surface area contributed by atoms with Gasteiger partial charge in [-0.05, 0) is 110 Å². The van der Waals surface area contributed by atoms with E-state index >= 15 is 0 Å². The molecule has 0 heterocycles. The minimum absolute atomic E-state index is 0.0432. The molecule has 1 aromatic rings. The number of phenols is 1. The van der Waals surface area contributed by atoms with Crippen LogP contribution in [0.4, 0.5) is 0 Å². The summed E-state index contributed by atoms with van der Waals surface area (Å²) < 4.78 is 0. The summed E-state index contributed by atoms with van der Waals surface area (Å²) in [7, 11) is 0. The Balaban J connectivity index is 1.73. The molecular formula is C27H38O5. The third-order valence-corrected chi connectivity index (χ3v) is 10.9. The number of hydrogen-bond acceptors (Lipinski definition) is 3. The van der Waals surface area contributed by atoms with Crippen LogP contribution in [0.1, 0.15) is 89.1 Å². The molecule has 0 radical (unpaired) electrons. The molecule has 1 aromatic carbocycles. The van der Waals surface area contributed by atoms with E-state index in [1.807, 2.05) is 6.92 Å². The maximum absolute atomic E-state index is 12.3. The number of carboxylic acid groups (broad SMARTS) is 2. The molecule has 0 aliphatic heterocycles. The Morgan fingerprint density at radius 2 is 1.62 bits per heavy atom. The third kappa shape index (κ3) is 2.95. The van der Waals surface area contributed by atoms with Gasteiger partial charge in [0.05, 0.1) is 11.0 Å². The highest BCUT2D eigenvalue weighted by Crippen LogP contribution is 2.73. The van der Waals surface area contributed by atoms with Gasteiger partial charge in [0.1, 0.15) is 5.75 Å². The molecule has 3 fully saturated rings. The maximum atomic E-state index is 12.3. The highest BCUT2D eigenvalue weighted by Gasteiger charge is 2.68. The van der Waals surface area contributed by atoms with Gasteiger partial charge in [0, 0.05) is 0 Å². The van der Waals surface area contributed by atoms with Crippen molar-refractivity contribution in [1.29, 1.82) is 0 Å². The highest BCUT2D eigenvalue weighted by atomic mass is 16.4. The Hall–Kier alpha value is -2.04. The quantitative estimate of drug-likeness (QED) is 0.532. The molecule has 5 heteroatoms. The zero-order valence-corrected chi connectivity index (χ0v) is 20.1. The number of aromatic hydroxyl groups is 1. The minimum atomic E-state index is -0.981. The van der Waals surface area contributed by atoms with E-state index in [9.17, 15) is 24.9 Å². The van der Waals surface area contributed by atoms with Gasteiger partial charge in [-0.3, -0.25) is 4.79 Å². The molecule has 32 heavy (non-hydrogen) atoms. The first-order valence-corrected chi connectivity index (χ1v) is 12.1. The van der Waals surface area contributed by atoms with Crippen LogP contribution in [0, 0.1) is 39.4 Å². The highest BCUT2D eigenvalue weighted by molar-refractivity contribution is 5.88. The third-order valence-electron chi connectivity index (χ3n) is 10.9. The second-order valence-electron chi connectivity index (χ2n) is 12.0. The largest absolute Gasteiger partial charge is 0.508 e. The average Bonchev–Trinajstić information content (AvgIpc) is 3.00. The molecule has 0 aromatic heterocycles. The number of benzene rings is 1. The fourth-order valence-corrected chi connectivity index (χ4v) is 8.50. The van der Waals surface area contributed by atoms with Crippen molar-refractivity contribution in [3.8, 4) is 5.75 Å². The molecule has 0 saturated heterocycles. The summed E-state index contributed by atoms with van der Waals surface area (Å²) in [5, 5.41) is 30.1. The van der Waals surface area contributed by atoms with Crippen LogP contribution >= 0.6 is 0 Å². The number of phenolic OH excluding ortho intramolecular Hbond substituents is 1.